The molecule has 0 spiro atoms. The maximum absolute atomic E-state index is 12.8. The lowest BCUT2D eigenvalue weighted by molar-refractivity contribution is 0.0935. The molecule has 1 amide bonds. The van der Waals surface area contributed by atoms with Gasteiger partial charge >= 0.3 is 0 Å². The Hall–Kier alpha value is -5.60. The van der Waals surface area contributed by atoms with E-state index in [2.05, 4.69) is 15.8 Å². The molecular weight excluding hydrogens is 743 g/mol. The van der Waals surface area contributed by atoms with Crippen LogP contribution in [-0.4, -0.2) is 58.9 Å². The Balaban J connectivity index is 0.878. The lowest BCUT2D eigenvalue weighted by Gasteiger charge is -2.29. The standard InChI is InChI=1S/C45H53N3O10/c1-54-35-13-14-38-36(23-35)45(53)47-44(46-38)30-12-15-40(34(19-30)27-51)56-17-9-7-5-3-4-6-8-10-18-57-43-22-29(11-16-41(43)55-2)39-24-42(58-48-39)31-20-32(25-49)37(28-52)33(21-31)26-50/h11-16,19-24,44,46,49-52H,3-10,17-18,25-28H2,1-2H3,(H,47,53). The summed E-state index contributed by atoms with van der Waals surface area (Å²) in [4.78, 5) is 12.8. The van der Waals surface area contributed by atoms with Gasteiger partial charge in [0.15, 0.2) is 17.3 Å². The summed E-state index contributed by atoms with van der Waals surface area (Å²) in [5, 5.41) is 49.9. The molecule has 1 unspecified atom stereocenters. The Morgan fingerprint density at radius 1 is 0.621 bits per heavy atom. The first-order valence-electron chi connectivity index (χ1n) is 19.8. The number of aliphatic hydroxyl groups is 4. The minimum absolute atomic E-state index is 0.169. The summed E-state index contributed by atoms with van der Waals surface area (Å²) in [7, 11) is 3.17. The SMILES string of the molecule is COc1ccc2c(c1)C(=O)NC(c1ccc(OCCCCCCCCCCOc3cc(-c4cc(-c5cc(CO)c(CO)c(CO)c5)on4)ccc3OC)c(CO)c1)N2. The number of nitrogens with zero attached hydrogens (tertiary/aromatic N) is 1. The van der Waals surface area contributed by atoms with Crippen LogP contribution in [0.5, 0.6) is 23.0 Å². The predicted octanol–water partition coefficient (Wildman–Crippen LogP) is 7.43. The van der Waals surface area contributed by atoms with Gasteiger partial charge < -0.3 is 54.5 Å². The molecule has 1 atom stereocenters. The van der Waals surface area contributed by atoms with Gasteiger partial charge in [-0.3, -0.25) is 4.79 Å². The molecule has 1 aliphatic heterocycles. The molecule has 13 nitrogen and oxygen atoms in total. The number of carbonyl (C=O) groups excluding carboxylic acids is 1. The molecule has 0 radical (unpaired) electrons. The van der Waals surface area contributed by atoms with Crippen LogP contribution >= 0.6 is 0 Å². The van der Waals surface area contributed by atoms with Crippen LogP contribution in [0.15, 0.2) is 77.3 Å². The number of hydrogen-bond donors (Lipinski definition) is 6. The maximum atomic E-state index is 12.8. The van der Waals surface area contributed by atoms with Crippen molar-refractivity contribution in [3.63, 3.8) is 0 Å². The van der Waals surface area contributed by atoms with Crippen LogP contribution in [0, 0.1) is 0 Å². The maximum Gasteiger partial charge on any atom is 0.255 e. The first-order chi connectivity index (χ1) is 28.4. The molecule has 1 aromatic heterocycles. The number of fused-ring (bicyclic) bond motifs is 1. The van der Waals surface area contributed by atoms with Gasteiger partial charge in [0.05, 0.1) is 59.4 Å². The minimum atomic E-state index is -0.432. The van der Waals surface area contributed by atoms with Gasteiger partial charge in [-0.05, 0) is 95.8 Å². The predicted molar refractivity (Wildman–Crippen MR) is 219 cm³/mol. The molecule has 0 bridgehead atoms. The summed E-state index contributed by atoms with van der Waals surface area (Å²) in [6.45, 7) is 0.103. The average molecular weight is 796 g/mol. The molecule has 0 aliphatic carbocycles. The number of aromatic nitrogens is 1. The highest BCUT2D eigenvalue weighted by atomic mass is 16.5. The third kappa shape index (κ3) is 10.3. The highest BCUT2D eigenvalue weighted by Crippen LogP contribution is 2.36. The van der Waals surface area contributed by atoms with Gasteiger partial charge in [0.1, 0.15) is 23.4 Å². The lowest BCUT2D eigenvalue weighted by atomic mass is 9.97. The van der Waals surface area contributed by atoms with E-state index in [4.69, 9.17) is 23.5 Å². The van der Waals surface area contributed by atoms with Crippen LogP contribution in [0.3, 0.4) is 0 Å². The average Bonchev–Trinajstić information content (AvgIpc) is 3.76. The monoisotopic (exact) mass is 795 g/mol. The lowest BCUT2D eigenvalue weighted by Crippen LogP contribution is -2.38. The van der Waals surface area contributed by atoms with Crippen LogP contribution in [0.25, 0.3) is 22.6 Å². The zero-order valence-electron chi connectivity index (χ0n) is 33.1. The molecule has 2 heterocycles. The normalized spacial score (nSPS) is 13.4. The van der Waals surface area contributed by atoms with Crippen LogP contribution in [-0.2, 0) is 26.4 Å². The first kappa shape index (κ1) is 42.0. The number of benzene rings is 4. The van der Waals surface area contributed by atoms with E-state index in [9.17, 15) is 25.2 Å². The highest BCUT2D eigenvalue weighted by molar-refractivity contribution is 6.02. The summed E-state index contributed by atoms with van der Waals surface area (Å²) >= 11 is 0. The van der Waals surface area contributed by atoms with E-state index in [1.807, 2.05) is 48.5 Å². The number of rotatable bonds is 22. The van der Waals surface area contributed by atoms with E-state index in [1.54, 1.807) is 38.5 Å². The van der Waals surface area contributed by atoms with E-state index in [-0.39, 0.29) is 32.3 Å². The number of nitrogens with one attached hydrogen (secondary N) is 2. The third-order valence-electron chi connectivity index (χ3n) is 10.4. The van der Waals surface area contributed by atoms with Crippen molar-refractivity contribution in [2.75, 3.05) is 32.8 Å². The third-order valence-corrected chi connectivity index (χ3v) is 10.4. The zero-order valence-corrected chi connectivity index (χ0v) is 33.1. The van der Waals surface area contributed by atoms with Gasteiger partial charge in [0.25, 0.3) is 5.91 Å². The molecule has 6 rings (SSSR count). The Bertz CT molecular complexity index is 2110. The highest BCUT2D eigenvalue weighted by Gasteiger charge is 2.26. The number of unbranched alkanes of at least 4 members (excludes halogenated alkanes) is 7. The van der Waals surface area contributed by atoms with Crippen molar-refractivity contribution in [3.8, 4) is 45.6 Å². The Morgan fingerprint density at radius 3 is 1.91 bits per heavy atom. The largest absolute Gasteiger partial charge is 0.497 e. The van der Waals surface area contributed by atoms with Crippen molar-refractivity contribution in [1.82, 2.24) is 10.5 Å². The van der Waals surface area contributed by atoms with Crippen molar-refractivity contribution in [2.24, 2.45) is 0 Å². The molecule has 0 saturated carbocycles. The fourth-order valence-electron chi connectivity index (χ4n) is 7.12. The van der Waals surface area contributed by atoms with Crippen molar-refractivity contribution >= 4 is 11.6 Å². The zero-order chi connectivity index (χ0) is 40.9. The molecule has 58 heavy (non-hydrogen) atoms. The van der Waals surface area contributed by atoms with Gasteiger partial charge in [-0.25, -0.2) is 0 Å². The molecule has 0 fully saturated rings. The van der Waals surface area contributed by atoms with Crippen molar-refractivity contribution in [3.05, 3.63) is 106 Å². The first-order valence-corrected chi connectivity index (χ1v) is 19.8. The second kappa shape index (κ2) is 20.7. The van der Waals surface area contributed by atoms with Crippen LogP contribution in [0.4, 0.5) is 5.69 Å². The van der Waals surface area contributed by atoms with Gasteiger partial charge in [-0.15, -0.1) is 0 Å². The van der Waals surface area contributed by atoms with Crippen LogP contribution < -0.4 is 29.6 Å². The van der Waals surface area contributed by atoms with E-state index >= 15 is 0 Å². The fourth-order valence-corrected chi connectivity index (χ4v) is 7.12. The number of hydrogen-bond acceptors (Lipinski definition) is 12. The summed E-state index contributed by atoms with van der Waals surface area (Å²) in [6.07, 6.45) is 8.06. The molecule has 13 heteroatoms. The van der Waals surface area contributed by atoms with Crippen molar-refractivity contribution in [1.29, 1.82) is 0 Å². The molecule has 6 N–H and O–H groups in total. The van der Waals surface area contributed by atoms with E-state index in [1.165, 1.54) is 0 Å². The van der Waals surface area contributed by atoms with Gasteiger partial charge in [-0.1, -0.05) is 49.7 Å². The number of carbonyl (C=O) groups is 1. The number of aliphatic hydroxyl groups excluding tert-OH is 4. The smallest absolute Gasteiger partial charge is 0.255 e. The van der Waals surface area contributed by atoms with E-state index < -0.39 is 6.17 Å². The summed E-state index contributed by atoms with van der Waals surface area (Å²) in [5.74, 6) is 2.78. The van der Waals surface area contributed by atoms with Gasteiger partial charge in [-0.2, -0.15) is 0 Å². The minimum Gasteiger partial charge on any atom is -0.497 e. The number of ether oxygens (including phenoxy) is 4. The van der Waals surface area contributed by atoms with E-state index in [0.29, 0.717) is 81.0 Å². The molecular formula is C45H53N3O10. The van der Waals surface area contributed by atoms with Gasteiger partial charge in [0, 0.05) is 28.4 Å². The van der Waals surface area contributed by atoms with Crippen LogP contribution in [0.2, 0.25) is 0 Å². The topological polar surface area (TPSA) is 185 Å². The molecule has 5 aromatic rings. The summed E-state index contributed by atoms with van der Waals surface area (Å²) < 4.78 is 28.6. The summed E-state index contributed by atoms with van der Waals surface area (Å²) in [6, 6.07) is 21.8. The Labute approximate surface area is 338 Å². The fraction of sp³-hybridized carbons (Fsp3) is 0.378. The van der Waals surface area contributed by atoms with Crippen molar-refractivity contribution < 1.29 is 48.7 Å². The van der Waals surface area contributed by atoms with Crippen molar-refractivity contribution in [2.45, 2.75) is 84.0 Å². The second-order valence-corrected chi connectivity index (χ2v) is 14.2. The number of amides is 1. The second-order valence-electron chi connectivity index (χ2n) is 14.2. The van der Waals surface area contributed by atoms with E-state index in [0.717, 1.165) is 68.2 Å². The molecule has 4 aromatic carbocycles. The van der Waals surface area contributed by atoms with Gasteiger partial charge in [0.2, 0.25) is 0 Å². The Morgan fingerprint density at radius 2 is 1.28 bits per heavy atom. The molecule has 0 saturated heterocycles. The quantitative estimate of drug-likeness (QED) is 0.0382. The molecule has 1 aliphatic rings. The number of anilines is 1. The van der Waals surface area contributed by atoms with Crippen LogP contribution in [0.1, 0.15) is 95.7 Å². The Kier molecular flexibility index (Phi) is 15.0. The molecule has 308 valence electrons. The number of methoxy groups -OCH3 is 2. The summed E-state index contributed by atoms with van der Waals surface area (Å²) in [5.41, 5.74) is 6.30.